The number of carbonyl (C=O) groups is 2. The molecule has 3 rings (SSSR count). The number of amides is 2. The maximum absolute atomic E-state index is 12.9. The van der Waals surface area contributed by atoms with Crippen LogP contribution in [0.25, 0.3) is 0 Å². The minimum atomic E-state index is -0.395. The van der Waals surface area contributed by atoms with Crippen molar-refractivity contribution in [3.05, 3.63) is 52.8 Å². The molecule has 2 atom stereocenters. The second-order valence-corrected chi connectivity index (χ2v) is 6.62. The van der Waals surface area contributed by atoms with Gasteiger partial charge in [0.1, 0.15) is 13.2 Å². The van der Waals surface area contributed by atoms with Crippen LogP contribution in [0.15, 0.2) is 30.3 Å². The Morgan fingerprint density at radius 1 is 1.31 bits per heavy atom. The van der Waals surface area contributed by atoms with E-state index in [0.29, 0.717) is 0 Å². The summed E-state index contributed by atoms with van der Waals surface area (Å²) >= 11 is 0. The summed E-state index contributed by atoms with van der Waals surface area (Å²) < 4.78 is 6.99. The molecule has 0 bridgehead atoms. The van der Waals surface area contributed by atoms with E-state index in [1.807, 2.05) is 58.2 Å². The minimum Gasteiger partial charge on any atom is -0.462 e. The first kappa shape index (κ1) is 18.0. The van der Waals surface area contributed by atoms with Crippen LogP contribution in [0.1, 0.15) is 41.5 Å². The van der Waals surface area contributed by atoms with E-state index in [9.17, 15) is 9.59 Å². The van der Waals surface area contributed by atoms with Crippen LogP contribution in [-0.4, -0.2) is 39.8 Å². The Bertz CT molecular complexity index is 816. The van der Waals surface area contributed by atoms with E-state index in [4.69, 9.17) is 4.74 Å². The number of aromatic nitrogens is 2. The van der Waals surface area contributed by atoms with Crippen molar-refractivity contribution in [3.8, 4) is 0 Å². The normalized spacial score (nSPS) is 18.4. The van der Waals surface area contributed by atoms with E-state index in [2.05, 4.69) is 10.4 Å². The van der Waals surface area contributed by atoms with E-state index in [1.165, 1.54) is 0 Å². The van der Waals surface area contributed by atoms with Gasteiger partial charge in [-0.1, -0.05) is 30.3 Å². The summed E-state index contributed by atoms with van der Waals surface area (Å²) in [6.45, 7) is 5.92. The molecule has 0 aliphatic carbocycles. The maximum atomic E-state index is 12.9. The average Bonchev–Trinajstić information content (AvgIpc) is 2.87. The van der Waals surface area contributed by atoms with E-state index >= 15 is 0 Å². The van der Waals surface area contributed by atoms with Gasteiger partial charge in [0.15, 0.2) is 0 Å². The van der Waals surface area contributed by atoms with Crippen molar-refractivity contribution in [2.24, 2.45) is 7.05 Å². The first-order valence-electron chi connectivity index (χ1n) is 8.66. The zero-order chi connectivity index (χ0) is 18.8. The molecule has 1 fully saturated rings. The molecule has 0 radical (unpaired) electrons. The van der Waals surface area contributed by atoms with Gasteiger partial charge in [0, 0.05) is 18.3 Å². The van der Waals surface area contributed by atoms with E-state index in [0.717, 1.165) is 22.5 Å². The molecule has 0 spiro atoms. The van der Waals surface area contributed by atoms with Crippen LogP contribution in [0.5, 0.6) is 0 Å². The lowest BCUT2D eigenvalue weighted by atomic mass is 10.0. The lowest BCUT2D eigenvalue weighted by Gasteiger charge is -2.35. The van der Waals surface area contributed by atoms with Crippen LogP contribution < -0.4 is 5.32 Å². The SMILES string of the molecule is Cc1nn(C)c(C)c1C(C)NC(=O)N1CC(=O)OC[C@H]1c1ccccc1. The smallest absolute Gasteiger partial charge is 0.325 e. The molecule has 0 saturated carbocycles. The molecule has 1 aliphatic rings. The zero-order valence-corrected chi connectivity index (χ0v) is 15.5. The molecule has 1 N–H and O–H groups in total. The highest BCUT2D eigenvalue weighted by atomic mass is 16.5. The zero-order valence-electron chi connectivity index (χ0n) is 15.5. The quantitative estimate of drug-likeness (QED) is 0.857. The second-order valence-electron chi connectivity index (χ2n) is 6.62. The highest BCUT2D eigenvalue weighted by Gasteiger charge is 2.34. The van der Waals surface area contributed by atoms with Crippen LogP contribution in [0.4, 0.5) is 4.79 Å². The number of cyclic esters (lactones) is 1. The van der Waals surface area contributed by atoms with Crippen molar-refractivity contribution in [2.45, 2.75) is 32.9 Å². The van der Waals surface area contributed by atoms with Crippen molar-refractivity contribution >= 4 is 12.0 Å². The Hall–Kier alpha value is -2.83. The molecule has 1 saturated heterocycles. The summed E-state index contributed by atoms with van der Waals surface area (Å²) in [4.78, 5) is 26.2. The third-order valence-electron chi connectivity index (χ3n) is 4.86. The number of hydrogen-bond donors (Lipinski definition) is 1. The van der Waals surface area contributed by atoms with Gasteiger partial charge in [-0.3, -0.25) is 9.48 Å². The number of benzene rings is 1. The van der Waals surface area contributed by atoms with Crippen molar-refractivity contribution < 1.29 is 14.3 Å². The fraction of sp³-hybridized carbons (Fsp3) is 0.421. The Balaban J connectivity index is 1.80. The monoisotopic (exact) mass is 356 g/mol. The Morgan fingerprint density at radius 2 is 2.00 bits per heavy atom. The number of morpholine rings is 1. The molecule has 1 aliphatic heterocycles. The summed E-state index contributed by atoms with van der Waals surface area (Å²) in [6, 6.07) is 8.80. The summed E-state index contributed by atoms with van der Waals surface area (Å²) in [7, 11) is 1.88. The highest BCUT2D eigenvalue weighted by Crippen LogP contribution is 2.26. The fourth-order valence-electron chi connectivity index (χ4n) is 3.48. The van der Waals surface area contributed by atoms with Crippen molar-refractivity contribution in [1.82, 2.24) is 20.0 Å². The number of esters is 1. The highest BCUT2D eigenvalue weighted by molar-refractivity contribution is 5.82. The molecule has 1 aromatic carbocycles. The third-order valence-corrected chi connectivity index (χ3v) is 4.86. The number of ether oxygens (including phenoxy) is 1. The molecule has 26 heavy (non-hydrogen) atoms. The van der Waals surface area contributed by atoms with Gasteiger partial charge in [0.05, 0.1) is 17.8 Å². The predicted octanol–water partition coefficient (Wildman–Crippen LogP) is 2.41. The first-order chi connectivity index (χ1) is 12.4. The molecule has 1 unspecified atom stereocenters. The van der Waals surface area contributed by atoms with Crippen LogP contribution in [0.2, 0.25) is 0 Å². The Morgan fingerprint density at radius 3 is 2.62 bits per heavy atom. The van der Waals surface area contributed by atoms with E-state index < -0.39 is 5.97 Å². The summed E-state index contributed by atoms with van der Waals surface area (Å²) in [5.74, 6) is -0.395. The van der Waals surface area contributed by atoms with Gasteiger partial charge in [0.25, 0.3) is 0 Å². The number of urea groups is 1. The third kappa shape index (κ3) is 3.42. The van der Waals surface area contributed by atoms with Crippen LogP contribution in [0.3, 0.4) is 0 Å². The van der Waals surface area contributed by atoms with E-state index in [-0.39, 0.29) is 31.3 Å². The Kier molecular flexibility index (Phi) is 4.97. The van der Waals surface area contributed by atoms with Gasteiger partial charge in [-0.25, -0.2) is 4.79 Å². The topological polar surface area (TPSA) is 76.5 Å². The van der Waals surface area contributed by atoms with Gasteiger partial charge in [-0.2, -0.15) is 5.10 Å². The number of rotatable bonds is 3. The number of nitrogens with zero attached hydrogens (tertiary/aromatic N) is 3. The molecular formula is C19H24N4O3. The van der Waals surface area contributed by atoms with Gasteiger partial charge < -0.3 is 15.0 Å². The standard InChI is InChI=1S/C19H24N4O3/c1-12(18-13(2)21-22(4)14(18)3)20-19(25)23-10-17(24)26-11-16(23)15-8-6-5-7-9-15/h5-9,12,16H,10-11H2,1-4H3,(H,20,25)/t12?,16-/m0/s1. The van der Waals surface area contributed by atoms with Crippen LogP contribution in [0, 0.1) is 13.8 Å². The molecule has 7 heteroatoms. The Labute approximate surface area is 152 Å². The largest absolute Gasteiger partial charge is 0.462 e. The second kappa shape index (κ2) is 7.19. The summed E-state index contributed by atoms with van der Waals surface area (Å²) in [6.07, 6.45) is 0. The van der Waals surface area contributed by atoms with Crippen molar-refractivity contribution in [3.63, 3.8) is 0 Å². The molecule has 2 heterocycles. The lowest BCUT2D eigenvalue weighted by molar-refractivity contribution is -0.152. The predicted molar refractivity (Wildman–Crippen MR) is 96.5 cm³/mol. The molecule has 2 amide bonds. The minimum absolute atomic E-state index is 0.0664. The maximum Gasteiger partial charge on any atom is 0.325 e. The number of carbonyl (C=O) groups excluding carboxylic acids is 2. The van der Waals surface area contributed by atoms with Crippen molar-refractivity contribution in [2.75, 3.05) is 13.2 Å². The fourth-order valence-corrected chi connectivity index (χ4v) is 3.48. The molecular weight excluding hydrogens is 332 g/mol. The van der Waals surface area contributed by atoms with Gasteiger partial charge >= 0.3 is 12.0 Å². The average molecular weight is 356 g/mol. The van der Waals surface area contributed by atoms with Crippen molar-refractivity contribution in [1.29, 1.82) is 0 Å². The molecule has 1 aromatic heterocycles. The molecule has 2 aromatic rings. The number of hydrogen-bond acceptors (Lipinski definition) is 4. The number of aryl methyl sites for hydroxylation is 2. The van der Waals surface area contributed by atoms with Gasteiger partial charge in [0.2, 0.25) is 0 Å². The van der Waals surface area contributed by atoms with Crippen LogP contribution >= 0.6 is 0 Å². The van der Waals surface area contributed by atoms with Gasteiger partial charge in [-0.05, 0) is 26.3 Å². The lowest BCUT2D eigenvalue weighted by Crippen LogP contribution is -2.50. The van der Waals surface area contributed by atoms with E-state index in [1.54, 1.807) is 9.58 Å². The molecule has 7 nitrogen and oxygen atoms in total. The van der Waals surface area contributed by atoms with Crippen LogP contribution in [-0.2, 0) is 16.6 Å². The molecule has 138 valence electrons. The number of nitrogens with one attached hydrogen (secondary N) is 1. The van der Waals surface area contributed by atoms with Gasteiger partial charge in [-0.15, -0.1) is 0 Å². The first-order valence-corrected chi connectivity index (χ1v) is 8.66. The summed E-state index contributed by atoms with van der Waals surface area (Å²) in [5, 5.41) is 7.41. The summed E-state index contributed by atoms with van der Waals surface area (Å²) in [5.41, 5.74) is 3.83.